The SMILES string of the molecule is Cc1ccc(NS(=O)(=O)c2c(N)cccc2Cl)cc1. The van der Waals surface area contributed by atoms with Crippen molar-refractivity contribution in [3.05, 3.63) is 53.1 Å². The molecule has 0 saturated heterocycles. The molecule has 0 unspecified atom stereocenters. The molecule has 0 aliphatic carbocycles. The number of nitrogen functional groups attached to an aromatic ring is 1. The second-order valence-corrected chi connectivity index (χ2v) is 6.16. The fraction of sp³-hybridized carbons (Fsp3) is 0.0769. The summed E-state index contributed by atoms with van der Waals surface area (Å²) in [6, 6.07) is 11.6. The van der Waals surface area contributed by atoms with E-state index in [1.165, 1.54) is 12.1 Å². The van der Waals surface area contributed by atoms with Gasteiger partial charge in [-0.3, -0.25) is 4.72 Å². The normalized spacial score (nSPS) is 11.3. The van der Waals surface area contributed by atoms with Gasteiger partial charge in [0.2, 0.25) is 0 Å². The van der Waals surface area contributed by atoms with Crippen molar-refractivity contribution >= 4 is 33.0 Å². The van der Waals surface area contributed by atoms with Gasteiger partial charge in [0.1, 0.15) is 4.90 Å². The molecule has 4 nitrogen and oxygen atoms in total. The molecule has 2 rings (SSSR count). The standard InChI is InChI=1S/C13H13ClN2O2S/c1-9-5-7-10(8-6-9)16-19(17,18)13-11(14)3-2-4-12(13)15/h2-8,16H,15H2,1H3. The molecule has 3 N–H and O–H groups in total. The van der Waals surface area contributed by atoms with Crippen LogP contribution in [0.3, 0.4) is 0 Å². The maximum Gasteiger partial charge on any atom is 0.265 e. The number of sulfonamides is 1. The molecule has 0 amide bonds. The van der Waals surface area contributed by atoms with Gasteiger partial charge in [0.05, 0.1) is 10.7 Å². The number of rotatable bonds is 3. The lowest BCUT2D eigenvalue weighted by molar-refractivity contribution is 0.601. The number of nitrogens with one attached hydrogen (secondary N) is 1. The van der Waals surface area contributed by atoms with Crippen LogP contribution < -0.4 is 10.5 Å². The summed E-state index contributed by atoms with van der Waals surface area (Å²) in [5.74, 6) is 0. The van der Waals surface area contributed by atoms with Crippen molar-refractivity contribution in [3.8, 4) is 0 Å². The zero-order chi connectivity index (χ0) is 14.0. The lowest BCUT2D eigenvalue weighted by Gasteiger charge is -2.11. The van der Waals surface area contributed by atoms with Crippen molar-refractivity contribution in [1.82, 2.24) is 0 Å². The first-order valence-electron chi connectivity index (χ1n) is 5.53. The van der Waals surface area contributed by atoms with Crippen LogP contribution in [0.1, 0.15) is 5.56 Å². The third-order valence-electron chi connectivity index (χ3n) is 2.57. The van der Waals surface area contributed by atoms with Crippen molar-refractivity contribution in [2.75, 3.05) is 10.5 Å². The molecular formula is C13H13ClN2O2S. The summed E-state index contributed by atoms with van der Waals surface area (Å²) in [4.78, 5) is -0.0998. The predicted molar refractivity (Wildman–Crippen MR) is 77.9 cm³/mol. The zero-order valence-corrected chi connectivity index (χ0v) is 11.8. The van der Waals surface area contributed by atoms with Gasteiger partial charge in [-0.15, -0.1) is 0 Å². The highest BCUT2D eigenvalue weighted by atomic mass is 35.5. The van der Waals surface area contributed by atoms with Gasteiger partial charge < -0.3 is 5.73 Å². The maximum atomic E-state index is 12.3. The van der Waals surface area contributed by atoms with Crippen LogP contribution >= 0.6 is 11.6 Å². The minimum absolute atomic E-state index is 0.0969. The van der Waals surface area contributed by atoms with Crippen LogP contribution in [0.25, 0.3) is 0 Å². The molecule has 2 aromatic rings. The minimum atomic E-state index is -3.79. The summed E-state index contributed by atoms with van der Waals surface area (Å²) >= 11 is 5.91. The van der Waals surface area contributed by atoms with Crippen molar-refractivity contribution in [2.24, 2.45) is 0 Å². The molecule has 0 atom stereocenters. The molecule has 0 fully saturated rings. The van der Waals surface area contributed by atoms with E-state index in [4.69, 9.17) is 17.3 Å². The van der Waals surface area contributed by atoms with Gasteiger partial charge in [-0.05, 0) is 31.2 Å². The number of aryl methyl sites for hydroxylation is 1. The second kappa shape index (κ2) is 5.11. The number of nitrogens with two attached hydrogens (primary N) is 1. The Hall–Kier alpha value is -1.72. The molecule has 0 spiro atoms. The number of benzene rings is 2. The average Bonchev–Trinajstić information content (AvgIpc) is 2.31. The molecule has 19 heavy (non-hydrogen) atoms. The summed E-state index contributed by atoms with van der Waals surface area (Å²) in [7, 11) is -3.79. The minimum Gasteiger partial charge on any atom is -0.398 e. The van der Waals surface area contributed by atoms with Crippen LogP contribution in [0, 0.1) is 6.92 Å². The Morgan fingerprint density at radius 1 is 1.11 bits per heavy atom. The van der Waals surface area contributed by atoms with Gasteiger partial charge in [0.25, 0.3) is 10.0 Å². The predicted octanol–water partition coefficient (Wildman–Crippen LogP) is 3.03. The third kappa shape index (κ3) is 3.00. The molecule has 100 valence electrons. The van der Waals surface area contributed by atoms with E-state index in [0.29, 0.717) is 5.69 Å². The summed E-state index contributed by atoms with van der Waals surface area (Å²) in [5.41, 5.74) is 7.30. The number of hydrogen-bond acceptors (Lipinski definition) is 3. The van der Waals surface area contributed by atoms with Gasteiger partial charge in [-0.2, -0.15) is 0 Å². The van der Waals surface area contributed by atoms with Gasteiger partial charge in [-0.1, -0.05) is 35.4 Å². The number of halogens is 1. The molecule has 0 heterocycles. The molecule has 0 aromatic heterocycles. The van der Waals surface area contributed by atoms with Gasteiger partial charge >= 0.3 is 0 Å². The van der Waals surface area contributed by atoms with Gasteiger partial charge in [0, 0.05) is 5.69 Å². The average molecular weight is 297 g/mol. The largest absolute Gasteiger partial charge is 0.398 e. The Kier molecular flexibility index (Phi) is 3.68. The van der Waals surface area contributed by atoms with E-state index in [9.17, 15) is 8.42 Å². The Morgan fingerprint density at radius 3 is 2.32 bits per heavy atom. The van der Waals surface area contributed by atoms with E-state index in [1.807, 2.05) is 19.1 Å². The molecule has 0 aliphatic rings. The van der Waals surface area contributed by atoms with Crippen LogP contribution in [0.15, 0.2) is 47.4 Å². The summed E-state index contributed by atoms with van der Waals surface area (Å²) in [5, 5.41) is 0.0969. The number of anilines is 2. The lowest BCUT2D eigenvalue weighted by atomic mass is 10.2. The van der Waals surface area contributed by atoms with E-state index in [1.54, 1.807) is 18.2 Å². The van der Waals surface area contributed by atoms with E-state index >= 15 is 0 Å². The lowest BCUT2D eigenvalue weighted by Crippen LogP contribution is -2.15. The van der Waals surface area contributed by atoms with Crippen molar-refractivity contribution in [2.45, 2.75) is 11.8 Å². The zero-order valence-electron chi connectivity index (χ0n) is 10.2. The van der Waals surface area contributed by atoms with Gasteiger partial charge in [-0.25, -0.2) is 8.42 Å². The first-order valence-corrected chi connectivity index (χ1v) is 7.40. The number of hydrogen-bond donors (Lipinski definition) is 2. The summed E-state index contributed by atoms with van der Waals surface area (Å²) in [6.07, 6.45) is 0. The molecule has 6 heteroatoms. The van der Waals surface area contributed by atoms with Crippen LogP contribution in [-0.4, -0.2) is 8.42 Å². The van der Waals surface area contributed by atoms with Crippen LogP contribution in [0.4, 0.5) is 11.4 Å². The highest BCUT2D eigenvalue weighted by Crippen LogP contribution is 2.28. The smallest absolute Gasteiger partial charge is 0.265 e. The fourth-order valence-corrected chi connectivity index (χ4v) is 3.37. The topological polar surface area (TPSA) is 72.2 Å². The summed E-state index contributed by atoms with van der Waals surface area (Å²) in [6.45, 7) is 1.92. The van der Waals surface area contributed by atoms with Crippen LogP contribution in [-0.2, 0) is 10.0 Å². The quantitative estimate of drug-likeness (QED) is 0.855. The van der Waals surface area contributed by atoms with E-state index < -0.39 is 10.0 Å². The molecule has 0 aliphatic heterocycles. The van der Waals surface area contributed by atoms with E-state index in [2.05, 4.69) is 4.72 Å². The highest BCUT2D eigenvalue weighted by molar-refractivity contribution is 7.93. The monoisotopic (exact) mass is 296 g/mol. The highest BCUT2D eigenvalue weighted by Gasteiger charge is 2.20. The first kappa shape index (κ1) is 13.7. The molecule has 0 saturated carbocycles. The van der Waals surface area contributed by atoms with Crippen LogP contribution in [0.2, 0.25) is 5.02 Å². The Balaban J connectivity index is 2.41. The summed E-state index contributed by atoms with van der Waals surface area (Å²) < 4.78 is 27.0. The second-order valence-electron chi connectivity index (χ2n) is 4.13. The molecule has 0 radical (unpaired) electrons. The van der Waals surface area contributed by atoms with Crippen LogP contribution in [0.5, 0.6) is 0 Å². The van der Waals surface area contributed by atoms with E-state index in [-0.39, 0.29) is 15.6 Å². The van der Waals surface area contributed by atoms with Gasteiger partial charge in [0.15, 0.2) is 0 Å². The Bertz CT molecular complexity index is 677. The molecule has 2 aromatic carbocycles. The Morgan fingerprint density at radius 2 is 1.74 bits per heavy atom. The first-order chi connectivity index (χ1) is 8.90. The fourth-order valence-electron chi connectivity index (χ4n) is 1.64. The van der Waals surface area contributed by atoms with Crippen molar-refractivity contribution < 1.29 is 8.42 Å². The van der Waals surface area contributed by atoms with Crippen molar-refractivity contribution in [3.63, 3.8) is 0 Å². The Labute approximate surface area is 117 Å². The van der Waals surface area contributed by atoms with Crippen molar-refractivity contribution in [1.29, 1.82) is 0 Å². The molecular weight excluding hydrogens is 284 g/mol. The molecule has 0 bridgehead atoms. The van der Waals surface area contributed by atoms with E-state index in [0.717, 1.165) is 5.56 Å². The third-order valence-corrected chi connectivity index (χ3v) is 4.49. The maximum absolute atomic E-state index is 12.3.